The van der Waals surface area contributed by atoms with Crippen LogP contribution in [0.15, 0.2) is 66.7 Å². The van der Waals surface area contributed by atoms with Crippen molar-refractivity contribution >= 4 is 35.4 Å². The van der Waals surface area contributed by atoms with Gasteiger partial charge in [-0.05, 0) is 46.5 Å². The van der Waals surface area contributed by atoms with Crippen molar-refractivity contribution in [1.82, 2.24) is 25.1 Å². The van der Waals surface area contributed by atoms with E-state index in [-0.39, 0.29) is 24.1 Å². The number of fused-ring (bicyclic) bond motifs is 1. The standard InChI is InChI=1S/C30H28ClN5O4/c31-23-8-6-21(7-9-23)24-4-2-1-3-22(24)19-34-15-13-33(14-16-34)18-20-5-10-25-26(17-20)29(39)36(28(25)38)35-12-11-27(37)32-30(35)40/h1-10,17H,11-16,18-19H2,(H,32,37,40). The molecule has 10 heteroatoms. The van der Waals surface area contributed by atoms with Crippen LogP contribution in [0.3, 0.4) is 0 Å². The van der Waals surface area contributed by atoms with Crippen LogP contribution in [0.2, 0.25) is 5.02 Å². The molecule has 3 aromatic carbocycles. The number of nitrogens with zero attached hydrogens (tertiary/aromatic N) is 4. The highest BCUT2D eigenvalue weighted by Crippen LogP contribution is 2.28. The first-order valence-corrected chi connectivity index (χ1v) is 13.7. The number of piperazine rings is 1. The van der Waals surface area contributed by atoms with Crippen LogP contribution in [-0.2, 0) is 17.9 Å². The summed E-state index contributed by atoms with van der Waals surface area (Å²) in [7, 11) is 0. The molecule has 2 fully saturated rings. The van der Waals surface area contributed by atoms with E-state index in [9.17, 15) is 19.2 Å². The molecule has 0 spiro atoms. The molecule has 204 valence electrons. The van der Waals surface area contributed by atoms with Gasteiger partial charge in [-0.15, -0.1) is 0 Å². The van der Waals surface area contributed by atoms with Crippen molar-refractivity contribution in [2.24, 2.45) is 0 Å². The Morgan fingerprint density at radius 3 is 2.10 bits per heavy atom. The summed E-state index contributed by atoms with van der Waals surface area (Å²) in [5.74, 6) is -1.52. The van der Waals surface area contributed by atoms with Crippen LogP contribution in [0.4, 0.5) is 4.79 Å². The van der Waals surface area contributed by atoms with Crippen LogP contribution >= 0.6 is 11.6 Å². The summed E-state index contributed by atoms with van der Waals surface area (Å²) in [6, 6.07) is 20.9. The molecular formula is C30H28ClN5O4. The van der Waals surface area contributed by atoms with E-state index in [0.29, 0.717) is 6.54 Å². The van der Waals surface area contributed by atoms with Gasteiger partial charge >= 0.3 is 6.03 Å². The van der Waals surface area contributed by atoms with Crippen molar-refractivity contribution < 1.29 is 19.2 Å². The second-order valence-corrected chi connectivity index (χ2v) is 10.7. The van der Waals surface area contributed by atoms with E-state index in [0.717, 1.165) is 58.9 Å². The van der Waals surface area contributed by atoms with Gasteiger partial charge in [-0.2, -0.15) is 5.01 Å². The van der Waals surface area contributed by atoms with Crippen LogP contribution in [0, 0.1) is 0 Å². The second-order valence-electron chi connectivity index (χ2n) is 10.2. The van der Waals surface area contributed by atoms with Crippen molar-refractivity contribution in [1.29, 1.82) is 0 Å². The predicted octanol–water partition coefficient (Wildman–Crippen LogP) is 3.78. The summed E-state index contributed by atoms with van der Waals surface area (Å²) in [5.41, 5.74) is 5.11. The van der Waals surface area contributed by atoms with E-state index >= 15 is 0 Å². The lowest BCUT2D eigenvalue weighted by atomic mass is 9.99. The Morgan fingerprint density at radius 1 is 0.700 bits per heavy atom. The lowest BCUT2D eigenvalue weighted by Gasteiger charge is -2.35. The Kier molecular flexibility index (Phi) is 7.10. The molecule has 0 bridgehead atoms. The van der Waals surface area contributed by atoms with Gasteiger partial charge in [-0.25, -0.2) is 9.80 Å². The zero-order valence-electron chi connectivity index (χ0n) is 21.8. The van der Waals surface area contributed by atoms with E-state index < -0.39 is 23.8 Å². The normalized spacial score (nSPS) is 18.3. The number of imide groups is 2. The number of hydrazine groups is 1. The number of carbonyl (C=O) groups is 4. The molecular weight excluding hydrogens is 530 g/mol. The van der Waals surface area contributed by atoms with E-state index in [1.54, 1.807) is 12.1 Å². The quantitative estimate of drug-likeness (QED) is 0.464. The summed E-state index contributed by atoms with van der Waals surface area (Å²) < 4.78 is 0. The van der Waals surface area contributed by atoms with Gasteiger partial charge in [0.2, 0.25) is 5.91 Å². The second kappa shape index (κ2) is 10.8. The number of benzene rings is 3. The first kappa shape index (κ1) is 26.2. The number of carbonyl (C=O) groups excluding carboxylic acids is 4. The van der Waals surface area contributed by atoms with E-state index in [2.05, 4.69) is 51.5 Å². The van der Waals surface area contributed by atoms with Gasteiger partial charge in [0.05, 0.1) is 17.7 Å². The van der Waals surface area contributed by atoms with Crippen molar-refractivity contribution in [2.45, 2.75) is 19.5 Å². The highest BCUT2D eigenvalue weighted by atomic mass is 35.5. The van der Waals surface area contributed by atoms with E-state index in [1.807, 2.05) is 18.2 Å². The zero-order chi connectivity index (χ0) is 27.8. The average molecular weight is 558 g/mol. The minimum atomic E-state index is -0.764. The maximum absolute atomic E-state index is 13.1. The van der Waals surface area contributed by atoms with Gasteiger partial charge in [-0.1, -0.05) is 54.1 Å². The smallest absolute Gasteiger partial charge is 0.297 e. The minimum Gasteiger partial charge on any atom is -0.297 e. The average Bonchev–Trinajstić information content (AvgIpc) is 3.19. The van der Waals surface area contributed by atoms with E-state index in [1.165, 1.54) is 11.1 Å². The first-order chi connectivity index (χ1) is 19.4. The maximum Gasteiger partial charge on any atom is 0.343 e. The third-order valence-corrected chi connectivity index (χ3v) is 7.89. The fraction of sp³-hybridized carbons (Fsp3) is 0.267. The topological polar surface area (TPSA) is 93.3 Å². The number of nitrogens with one attached hydrogen (secondary N) is 1. The molecule has 40 heavy (non-hydrogen) atoms. The number of halogens is 1. The molecule has 0 unspecified atom stereocenters. The lowest BCUT2D eigenvalue weighted by molar-refractivity contribution is -0.122. The van der Waals surface area contributed by atoms with E-state index in [4.69, 9.17) is 11.6 Å². The summed E-state index contributed by atoms with van der Waals surface area (Å²) in [6.07, 6.45) is 0.0308. The molecule has 0 saturated carbocycles. The SMILES string of the molecule is O=C1CCN(N2C(=O)c3ccc(CN4CCN(Cc5ccccc5-c5ccc(Cl)cc5)CC4)cc3C2=O)C(=O)N1. The number of hydrogen-bond acceptors (Lipinski definition) is 6. The first-order valence-electron chi connectivity index (χ1n) is 13.3. The van der Waals surface area contributed by atoms with Gasteiger partial charge < -0.3 is 0 Å². The van der Waals surface area contributed by atoms with Crippen molar-refractivity contribution in [2.75, 3.05) is 32.7 Å². The van der Waals surface area contributed by atoms with Crippen molar-refractivity contribution in [3.05, 3.63) is 94.0 Å². The predicted molar refractivity (Wildman–Crippen MR) is 149 cm³/mol. The molecule has 2 saturated heterocycles. The minimum absolute atomic E-state index is 0.0164. The van der Waals surface area contributed by atoms with Crippen LogP contribution in [0.25, 0.3) is 11.1 Å². The molecule has 3 aromatic rings. The highest BCUT2D eigenvalue weighted by Gasteiger charge is 2.43. The number of rotatable bonds is 6. The van der Waals surface area contributed by atoms with Crippen molar-refractivity contribution in [3.8, 4) is 11.1 Å². The fourth-order valence-electron chi connectivity index (χ4n) is 5.51. The third kappa shape index (κ3) is 5.11. The Balaban J connectivity index is 1.08. The largest absolute Gasteiger partial charge is 0.343 e. The molecule has 0 radical (unpaired) electrons. The van der Waals surface area contributed by atoms with Crippen molar-refractivity contribution in [3.63, 3.8) is 0 Å². The molecule has 5 amide bonds. The Hall–Kier alpha value is -4.05. The molecule has 0 aromatic heterocycles. The number of urea groups is 1. The summed E-state index contributed by atoms with van der Waals surface area (Å²) in [4.78, 5) is 54.6. The summed E-state index contributed by atoms with van der Waals surface area (Å²) >= 11 is 6.08. The van der Waals surface area contributed by atoms with Gasteiger partial charge in [0, 0.05) is 50.7 Å². The van der Waals surface area contributed by atoms with Crippen LogP contribution in [0.5, 0.6) is 0 Å². The third-order valence-electron chi connectivity index (χ3n) is 7.64. The summed E-state index contributed by atoms with van der Waals surface area (Å²) in [5, 5.41) is 4.74. The lowest BCUT2D eigenvalue weighted by Crippen LogP contribution is -2.58. The fourth-order valence-corrected chi connectivity index (χ4v) is 5.64. The molecule has 6 rings (SSSR count). The van der Waals surface area contributed by atoms with Gasteiger partial charge in [-0.3, -0.25) is 29.5 Å². The Bertz CT molecular complexity index is 1500. The van der Waals surface area contributed by atoms with Gasteiger partial charge in [0.25, 0.3) is 11.8 Å². The molecule has 9 nitrogen and oxygen atoms in total. The molecule has 1 N–H and O–H groups in total. The van der Waals surface area contributed by atoms with Crippen LogP contribution in [0.1, 0.15) is 38.3 Å². The van der Waals surface area contributed by atoms with Gasteiger partial charge in [0.1, 0.15) is 0 Å². The van der Waals surface area contributed by atoms with Gasteiger partial charge in [0.15, 0.2) is 0 Å². The molecule has 3 aliphatic rings. The number of amides is 5. The molecule has 3 heterocycles. The highest BCUT2D eigenvalue weighted by molar-refractivity contribution is 6.30. The molecule has 0 aliphatic carbocycles. The van der Waals surface area contributed by atoms with Crippen LogP contribution < -0.4 is 5.32 Å². The monoisotopic (exact) mass is 557 g/mol. The molecule has 3 aliphatic heterocycles. The summed E-state index contributed by atoms with van der Waals surface area (Å²) in [6.45, 7) is 5.07. The Morgan fingerprint density at radius 2 is 1.38 bits per heavy atom. The Labute approximate surface area is 236 Å². The van der Waals surface area contributed by atoms with Crippen LogP contribution in [-0.4, -0.2) is 76.3 Å². The maximum atomic E-state index is 13.1. The number of hydrogen-bond donors (Lipinski definition) is 1. The molecule has 0 atom stereocenters. The zero-order valence-corrected chi connectivity index (χ0v) is 22.6.